The highest BCUT2D eigenvalue weighted by molar-refractivity contribution is 5.91. The molecule has 0 aromatic heterocycles. The predicted octanol–water partition coefficient (Wildman–Crippen LogP) is 14.3. The van der Waals surface area contributed by atoms with Crippen LogP contribution in [0, 0.1) is 13.8 Å². The topological polar surface area (TPSA) is 24.9 Å². The highest BCUT2D eigenvalue weighted by Gasteiger charge is 2.21. The van der Waals surface area contributed by atoms with Crippen LogP contribution in [0.2, 0.25) is 0 Å². The Kier molecular flexibility index (Phi) is 10.4. The quantitative estimate of drug-likeness (QED) is 0.132. The van der Waals surface area contributed by atoms with Gasteiger partial charge >= 0.3 is 0 Å². The van der Waals surface area contributed by atoms with Crippen LogP contribution in [0.5, 0.6) is 11.5 Å². The molecule has 8 aromatic carbocycles. The number of aryl methyl sites for hydroxylation is 2. The standard InChI is InChI=1S/C52H44N2O2/c1-37-35-41(23-33-49(37)53(43-25-29-45(55-3)30-26-43)51-21-13-11-19-47(51)39-15-7-5-8-16-39)42-24-34-50(38(2)36-42)54(44-27-31-46(56-4)32-28-44)52-22-14-12-20-48(52)40-17-9-6-10-18-40/h5-36H,1-4H3. The van der Waals surface area contributed by atoms with E-state index in [9.17, 15) is 0 Å². The summed E-state index contributed by atoms with van der Waals surface area (Å²) in [6, 6.07) is 68.6. The van der Waals surface area contributed by atoms with Gasteiger partial charge in [0.25, 0.3) is 0 Å². The summed E-state index contributed by atoms with van der Waals surface area (Å²) in [5.41, 5.74) is 15.9. The Balaban J connectivity index is 1.20. The first-order chi connectivity index (χ1) is 27.5. The summed E-state index contributed by atoms with van der Waals surface area (Å²) in [4.78, 5) is 4.71. The van der Waals surface area contributed by atoms with Crippen LogP contribution < -0.4 is 19.3 Å². The van der Waals surface area contributed by atoms with E-state index in [1.54, 1.807) is 14.2 Å². The summed E-state index contributed by atoms with van der Waals surface area (Å²) >= 11 is 0. The molecule has 274 valence electrons. The fourth-order valence-electron chi connectivity index (χ4n) is 7.51. The van der Waals surface area contributed by atoms with Crippen molar-refractivity contribution in [2.45, 2.75) is 13.8 Å². The summed E-state index contributed by atoms with van der Waals surface area (Å²) in [5, 5.41) is 0. The molecule has 8 aromatic rings. The van der Waals surface area contributed by atoms with Gasteiger partial charge in [-0.25, -0.2) is 0 Å². The number of anilines is 6. The Labute approximate surface area is 330 Å². The van der Waals surface area contributed by atoms with Gasteiger partial charge in [0, 0.05) is 33.9 Å². The minimum atomic E-state index is 0.824. The molecule has 8 rings (SSSR count). The van der Waals surface area contributed by atoms with Crippen molar-refractivity contribution in [1.29, 1.82) is 0 Å². The largest absolute Gasteiger partial charge is 0.497 e. The van der Waals surface area contributed by atoms with E-state index >= 15 is 0 Å². The van der Waals surface area contributed by atoms with E-state index in [1.165, 1.54) is 22.3 Å². The second kappa shape index (κ2) is 16.1. The first-order valence-electron chi connectivity index (χ1n) is 18.9. The molecular weight excluding hydrogens is 685 g/mol. The molecule has 0 fully saturated rings. The minimum absolute atomic E-state index is 0.824. The zero-order chi connectivity index (χ0) is 38.4. The lowest BCUT2D eigenvalue weighted by Gasteiger charge is -2.30. The van der Waals surface area contributed by atoms with Crippen LogP contribution in [0.4, 0.5) is 34.1 Å². The second-order valence-corrected chi connectivity index (χ2v) is 13.8. The van der Waals surface area contributed by atoms with E-state index < -0.39 is 0 Å². The number of hydrogen-bond donors (Lipinski definition) is 0. The van der Waals surface area contributed by atoms with E-state index in [1.807, 2.05) is 24.3 Å². The molecule has 0 amide bonds. The molecule has 0 aliphatic heterocycles. The molecule has 0 saturated heterocycles. The highest BCUT2D eigenvalue weighted by Crippen LogP contribution is 2.45. The van der Waals surface area contributed by atoms with Gasteiger partial charge in [-0.15, -0.1) is 0 Å². The van der Waals surface area contributed by atoms with Crippen molar-refractivity contribution in [3.63, 3.8) is 0 Å². The molecule has 0 aliphatic rings. The van der Waals surface area contributed by atoms with Gasteiger partial charge < -0.3 is 19.3 Å². The molecule has 0 atom stereocenters. The average Bonchev–Trinajstić information content (AvgIpc) is 3.26. The van der Waals surface area contributed by atoms with Crippen LogP contribution >= 0.6 is 0 Å². The highest BCUT2D eigenvalue weighted by atomic mass is 16.5. The minimum Gasteiger partial charge on any atom is -0.497 e. The monoisotopic (exact) mass is 728 g/mol. The Morgan fingerprint density at radius 1 is 0.321 bits per heavy atom. The van der Waals surface area contributed by atoms with Crippen LogP contribution in [0.1, 0.15) is 11.1 Å². The lowest BCUT2D eigenvalue weighted by atomic mass is 9.97. The predicted molar refractivity (Wildman–Crippen MR) is 235 cm³/mol. The molecule has 56 heavy (non-hydrogen) atoms. The van der Waals surface area contributed by atoms with Crippen molar-refractivity contribution in [2.75, 3.05) is 24.0 Å². The Morgan fingerprint density at radius 2 is 0.679 bits per heavy atom. The van der Waals surface area contributed by atoms with Crippen molar-refractivity contribution in [3.05, 3.63) is 205 Å². The van der Waals surface area contributed by atoms with Crippen molar-refractivity contribution < 1.29 is 9.47 Å². The number of benzene rings is 8. The van der Waals surface area contributed by atoms with Crippen molar-refractivity contribution in [3.8, 4) is 44.9 Å². The molecule has 0 unspecified atom stereocenters. The van der Waals surface area contributed by atoms with Gasteiger partial charge in [-0.2, -0.15) is 0 Å². The number of nitrogens with zero attached hydrogens (tertiary/aromatic N) is 2. The van der Waals surface area contributed by atoms with E-state index in [0.29, 0.717) is 0 Å². The third-order valence-electron chi connectivity index (χ3n) is 10.3. The van der Waals surface area contributed by atoms with Gasteiger partial charge in [0.1, 0.15) is 11.5 Å². The molecule has 0 N–H and O–H groups in total. The average molecular weight is 729 g/mol. The van der Waals surface area contributed by atoms with Crippen LogP contribution in [-0.4, -0.2) is 14.2 Å². The van der Waals surface area contributed by atoms with Gasteiger partial charge in [-0.3, -0.25) is 0 Å². The van der Waals surface area contributed by atoms with E-state index in [-0.39, 0.29) is 0 Å². The smallest absolute Gasteiger partial charge is 0.119 e. The molecule has 0 radical (unpaired) electrons. The summed E-state index contributed by atoms with van der Waals surface area (Å²) in [7, 11) is 3.41. The number of hydrogen-bond acceptors (Lipinski definition) is 4. The van der Waals surface area contributed by atoms with Crippen molar-refractivity contribution >= 4 is 34.1 Å². The number of methoxy groups -OCH3 is 2. The van der Waals surface area contributed by atoms with E-state index in [0.717, 1.165) is 67.9 Å². The lowest BCUT2D eigenvalue weighted by Crippen LogP contribution is -2.13. The maximum Gasteiger partial charge on any atom is 0.119 e. The SMILES string of the molecule is COc1ccc(N(c2ccc(-c3ccc(N(c4ccc(OC)cc4)c4ccccc4-c4ccccc4)c(C)c3)cc2C)c2ccccc2-c2ccccc2)cc1. The third-order valence-corrected chi connectivity index (χ3v) is 10.3. The zero-order valence-electron chi connectivity index (χ0n) is 32.2. The van der Waals surface area contributed by atoms with Crippen LogP contribution in [0.15, 0.2) is 194 Å². The van der Waals surface area contributed by atoms with Gasteiger partial charge in [0.15, 0.2) is 0 Å². The maximum atomic E-state index is 5.53. The molecular formula is C52H44N2O2. The van der Waals surface area contributed by atoms with E-state index in [2.05, 4.69) is 194 Å². The summed E-state index contributed by atoms with van der Waals surface area (Å²) in [5.74, 6) is 1.65. The normalized spacial score (nSPS) is 10.9. The van der Waals surface area contributed by atoms with Crippen LogP contribution in [0.25, 0.3) is 33.4 Å². The van der Waals surface area contributed by atoms with Gasteiger partial charge in [0.05, 0.1) is 25.6 Å². The Hall–Kier alpha value is -7.04. The van der Waals surface area contributed by atoms with Crippen LogP contribution in [0.3, 0.4) is 0 Å². The fourth-order valence-corrected chi connectivity index (χ4v) is 7.51. The molecule has 0 heterocycles. The third kappa shape index (κ3) is 7.25. The first kappa shape index (κ1) is 36.0. The Morgan fingerprint density at radius 3 is 1.04 bits per heavy atom. The zero-order valence-corrected chi connectivity index (χ0v) is 32.2. The van der Waals surface area contributed by atoms with Crippen LogP contribution in [-0.2, 0) is 0 Å². The number of ether oxygens (including phenoxy) is 2. The number of para-hydroxylation sites is 2. The van der Waals surface area contributed by atoms with Crippen molar-refractivity contribution in [1.82, 2.24) is 0 Å². The number of rotatable bonds is 11. The van der Waals surface area contributed by atoms with Crippen molar-refractivity contribution in [2.24, 2.45) is 0 Å². The van der Waals surface area contributed by atoms with Gasteiger partial charge in [0.2, 0.25) is 0 Å². The molecule has 4 nitrogen and oxygen atoms in total. The second-order valence-electron chi connectivity index (χ2n) is 13.8. The molecule has 4 heteroatoms. The molecule has 0 bridgehead atoms. The van der Waals surface area contributed by atoms with Gasteiger partial charge in [-0.1, -0.05) is 109 Å². The lowest BCUT2D eigenvalue weighted by molar-refractivity contribution is 0.414. The summed E-state index contributed by atoms with van der Waals surface area (Å²) in [6.07, 6.45) is 0. The maximum absolute atomic E-state index is 5.53. The molecule has 0 saturated carbocycles. The molecule has 0 spiro atoms. The van der Waals surface area contributed by atoms with E-state index in [4.69, 9.17) is 9.47 Å². The van der Waals surface area contributed by atoms with Gasteiger partial charge in [-0.05, 0) is 132 Å². The Bertz CT molecular complexity index is 2380. The fraction of sp³-hybridized carbons (Fsp3) is 0.0769. The molecule has 0 aliphatic carbocycles. The first-order valence-corrected chi connectivity index (χ1v) is 18.9. The summed E-state index contributed by atoms with van der Waals surface area (Å²) in [6.45, 7) is 4.40. The summed E-state index contributed by atoms with van der Waals surface area (Å²) < 4.78 is 11.1.